The minimum atomic E-state index is -1.29. The molecule has 41 heavy (non-hydrogen) atoms. The molecule has 8 nitrogen and oxygen atoms in total. The number of amides is 2. The Bertz CT molecular complexity index is 1700. The number of carbonyl (C=O) groups excluding carboxylic acids is 4. The van der Waals surface area contributed by atoms with E-state index < -0.39 is 29.4 Å². The van der Waals surface area contributed by atoms with Crippen molar-refractivity contribution in [2.75, 3.05) is 11.4 Å². The first-order chi connectivity index (χ1) is 19.9. The van der Waals surface area contributed by atoms with Gasteiger partial charge in [-0.3, -0.25) is 28.6 Å². The third-order valence-corrected chi connectivity index (χ3v) is 8.99. The molecule has 3 saturated heterocycles. The first-order valence-electron chi connectivity index (χ1n) is 13.9. The van der Waals surface area contributed by atoms with Crippen molar-refractivity contribution in [3.05, 3.63) is 102 Å². The average molecular weight is 548 g/mol. The summed E-state index contributed by atoms with van der Waals surface area (Å²) in [6.45, 7) is 2.10. The van der Waals surface area contributed by atoms with Gasteiger partial charge in [-0.15, -0.1) is 0 Å². The van der Waals surface area contributed by atoms with Crippen LogP contribution in [0, 0.1) is 11.8 Å². The number of ether oxygens (including phenoxy) is 1. The number of nitrogens with zero attached hydrogens (tertiary/aromatic N) is 3. The van der Waals surface area contributed by atoms with Gasteiger partial charge in [0.25, 0.3) is 0 Å². The Hall–Kier alpha value is -4.56. The zero-order valence-electron chi connectivity index (χ0n) is 22.6. The van der Waals surface area contributed by atoms with Gasteiger partial charge in [0, 0.05) is 18.5 Å². The van der Waals surface area contributed by atoms with Crippen LogP contribution in [-0.4, -0.2) is 45.2 Å². The highest BCUT2D eigenvalue weighted by atomic mass is 16.5. The SMILES string of the molecule is CC(=O)n1cc([C@@H]2[C@H]3C(=O)N(c4ccccc4)C(=O)[C@H]3[C@@]3(C(=O)OCc4ccccc4)CCCN23)c2ccccc21. The van der Waals surface area contributed by atoms with E-state index in [1.54, 1.807) is 35.0 Å². The first kappa shape index (κ1) is 25.4. The van der Waals surface area contributed by atoms with E-state index >= 15 is 0 Å². The van der Waals surface area contributed by atoms with Crippen LogP contribution in [0.1, 0.15) is 41.7 Å². The Morgan fingerprint density at radius 1 is 0.902 bits per heavy atom. The lowest BCUT2D eigenvalue weighted by molar-refractivity contribution is -0.161. The van der Waals surface area contributed by atoms with Crippen molar-refractivity contribution in [2.45, 2.75) is 38.0 Å². The molecule has 3 aromatic carbocycles. The maximum atomic E-state index is 14.3. The van der Waals surface area contributed by atoms with Gasteiger partial charge in [0.05, 0.1) is 29.1 Å². The molecule has 3 aliphatic rings. The molecule has 0 bridgehead atoms. The van der Waals surface area contributed by atoms with Crippen LogP contribution < -0.4 is 4.90 Å². The van der Waals surface area contributed by atoms with Gasteiger partial charge in [-0.1, -0.05) is 66.7 Å². The highest BCUT2D eigenvalue weighted by Crippen LogP contribution is 2.60. The summed E-state index contributed by atoms with van der Waals surface area (Å²) < 4.78 is 7.53. The third kappa shape index (κ3) is 3.63. The van der Waals surface area contributed by atoms with Crippen LogP contribution in [0.5, 0.6) is 0 Å². The van der Waals surface area contributed by atoms with Crippen LogP contribution in [0.4, 0.5) is 5.69 Å². The lowest BCUT2D eigenvalue weighted by Gasteiger charge is -2.36. The molecule has 4 heterocycles. The molecular weight excluding hydrogens is 518 g/mol. The van der Waals surface area contributed by atoms with Crippen LogP contribution in [0.25, 0.3) is 10.9 Å². The van der Waals surface area contributed by atoms with Gasteiger partial charge in [0.15, 0.2) is 0 Å². The topological polar surface area (TPSA) is 88.9 Å². The molecule has 0 N–H and O–H groups in total. The van der Waals surface area contributed by atoms with E-state index in [1.165, 1.54) is 11.8 Å². The molecule has 0 aliphatic carbocycles. The van der Waals surface area contributed by atoms with E-state index in [-0.39, 0.29) is 24.3 Å². The molecule has 206 valence electrons. The zero-order chi connectivity index (χ0) is 28.3. The summed E-state index contributed by atoms with van der Waals surface area (Å²) in [7, 11) is 0. The maximum Gasteiger partial charge on any atom is 0.327 e. The smallest absolute Gasteiger partial charge is 0.327 e. The van der Waals surface area contributed by atoms with E-state index in [9.17, 15) is 19.2 Å². The number of benzene rings is 3. The van der Waals surface area contributed by atoms with Gasteiger partial charge in [0.2, 0.25) is 17.7 Å². The van der Waals surface area contributed by atoms with Crippen molar-refractivity contribution in [3.8, 4) is 0 Å². The number of para-hydroxylation sites is 2. The second-order valence-corrected chi connectivity index (χ2v) is 11.1. The minimum absolute atomic E-state index is 0.0749. The zero-order valence-corrected chi connectivity index (χ0v) is 22.6. The van der Waals surface area contributed by atoms with Crippen molar-refractivity contribution >= 4 is 40.3 Å². The van der Waals surface area contributed by atoms with E-state index in [0.717, 1.165) is 22.0 Å². The molecule has 7 rings (SSSR count). The van der Waals surface area contributed by atoms with Crippen molar-refractivity contribution in [3.63, 3.8) is 0 Å². The summed E-state index contributed by atoms with van der Waals surface area (Å²) in [5.74, 6) is -3.07. The van der Waals surface area contributed by atoms with Crippen LogP contribution in [0.3, 0.4) is 0 Å². The third-order valence-electron chi connectivity index (χ3n) is 8.99. The van der Waals surface area contributed by atoms with Gasteiger partial charge >= 0.3 is 5.97 Å². The lowest BCUT2D eigenvalue weighted by Crippen LogP contribution is -2.54. The van der Waals surface area contributed by atoms with Crippen molar-refractivity contribution in [2.24, 2.45) is 11.8 Å². The van der Waals surface area contributed by atoms with Gasteiger partial charge < -0.3 is 4.74 Å². The van der Waals surface area contributed by atoms with E-state index in [4.69, 9.17) is 4.74 Å². The molecular formula is C33H29N3O5. The summed E-state index contributed by atoms with van der Waals surface area (Å²) in [6.07, 6.45) is 2.87. The van der Waals surface area contributed by atoms with E-state index in [0.29, 0.717) is 25.1 Å². The summed E-state index contributed by atoms with van der Waals surface area (Å²) in [5.41, 5.74) is 1.53. The monoisotopic (exact) mass is 547 g/mol. The molecule has 0 unspecified atom stereocenters. The minimum Gasteiger partial charge on any atom is -0.459 e. The molecule has 0 saturated carbocycles. The Balaban J connectivity index is 1.39. The lowest BCUT2D eigenvalue weighted by atomic mass is 9.77. The summed E-state index contributed by atoms with van der Waals surface area (Å²) >= 11 is 0. The predicted molar refractivity (Wildman–Crippen MR) is 152 cm³/mol. The van der Waals surface area contributed by atoms with Crippen molar-refractivity contribution in [1.82, 2.24) is 9.47 Å². The van der Waals surface area contributed by atoms with Crippen molar-refractivity contribution < 1.29 is 23.9 Å². The fourth-order valence-electron chi connectivity index (χ4n) is 7.38. The van der Waals surface area contributed by atoms with Gasteiger partial charge in [-0.2, -0.15) is 0 Å². The molecule has 4 aromatic rings. The Labute approximate surface area is 237 Å². The van der Waals surface area contributed by atoms with E-state index in [2.05, 4.69) is 0 Å². The second-order valence-electron chi connectivity index (χ2n) is 11.1. The van der Waals surface area contributed by atoms with Crippen LogP contribution >= 0.6 is 0 Å². The normalized spacial score (nSPS) is 25.5. The number of rotatable bonds is 5. The van der Waals surface area contributed by atoms with Crippen molar-refractivity contribution in [1.29, 1.82) is 0 Å². The number of fused-ring (bicyclic) bond motifs is 4. The first-order valence-corrected chi connectivity index (χ1v) is 13.9. The molecule has 3 aliphatic heterocycles. The second kappa shape index (κ2) is 9.52. The van der Waals surface area contributed by atoms with Crippen LogP contribution in [0.2, 0.25) is 0 Å². The number of aromatic nitrogens is 1. The number of esters is 1. The van der Waals surface area contributed by atoms with Crippen LogP contribution in [0.15, 0.2) is 91.1 Å². The standard InChI is InChI=1S/C33H29N3O5/c1-21(37)34-19-25(24-15-8-9-16-26(24)34)29-27-28(31(39)36(30(27)38)23-13-6-3-7-14-23)33(17-10-18-35(29)33)32(40)41-20-22-11-4-2-5-12-22/h2-9,11-16,19,27-29H,10,17-18,20H2,1H3/t27-,28-,29+,33+/m0/s1. The molecule has 8 heteroatoms. The Morgan fingerprint density at radius 2 is 1.59 bits per heavy atom. The predicted octanol–water partition coefficient (Wildman–Crippen LogP) is 4.74. The summed E-state index contributed by atoms with van der Waals surface area (Å²) in [6, 6.07) is 25.3. The molecule has 0 spiro atoms. The van der Waals surface area contributed by atoms with Crippen LogP contribution in [-0.2, 0) is 25.7 Å². The number of hydrogen-bond acceptors (Lipinski definition) is 6. The molecule has 3 fully saturated rings. The van der Waals surface area contributed by atoms with Gasteiger partial charge in [0.1, 0.15) is 12.1 Å². The number of imide groups is 1. The largest absolute Gasteiger partial charge is 0.459 e. The number of anilines is 1. The molecule has 4 atom stereocenters. The number of hydrogen-bond donors (Lipinski definition) is 0. The highest BCUT2D eigenvalue weighted by molar-refractivity contribution is 6.24. The fraction of sp³-hybridized carbons (Fsp3) is 0.273. The average Bonchev–Trinajstić information content (AvgIpc) is 3.72. The van der Waals surface area contributed by atoms with Gasteiger partial charge in [-0.25, -0.2) is 4.90 Å². The fourth-order valence-corrected chi connectivity index (χ4v) is 7.38. The molecule has 2 amide bonds. The highest BCUT2D eigenvalue weighted by Gasteiger charge is 2.74. The van der Waals surface area contributed by atoms with Gasteiger partial charge in [-0.05, 0) is 48.7 Å². The van der Waals surface area contributed by atoms with E-state index in [1.807, 2.05) is 65.6 Å². The Kier molecular flexibility index (Phi) is 5.90. The number of carbonyl (C=O) groups is 4. The maximum absolute atomic E-state index is 14.3. The Morgan fingerprint density at radius 3 is 2.32 bits per heavy atom. The summed E-state index contributed by atoms with van der Waals surface area (Å²) in [5, 5.41) is 0.824. The quantitative estimate of drug-likeness (QED) is 0.265. The molecule has 1 aromatic heterocycles. The summed E-state index contributed by atoms with van der Waals surface area (Å²) in [4.78, 5) is 58.7. The molecule has 0 radical (unpaired) electrons.